The van der Waals surface area contributed by atoms with Crippen molar-refractivity contribution in [3.8, 4) is 0 Å². The molecule has 2 fully saturated rings. The number of carbonyl (C=O) groups is 1. The van der Waals surface area contributed by atoms with Gasteiger partial charge in [-0.1, -0.05) is 0 Å². The first-order valence-electron chi connectivity index (χ1n) is 4.57. The Morgan fingerprint density at radius 1 is 1.50 bits per heavy atom. The largest absolute Gasteiger partial charge is 0.468 e. The van der Waals surface area contributed by atoms with E-state index in [1.54, 1.807) is 0 Å². The summed E-state index contributed by atoms with van der Waals surface area (Å²) in [5, 5.41) is 3.19. The standard InChI is InChI=1S/C9H15NO2/c1-12-8(11)7-6-9(2-3-9)4-5-10-7/h7,10H,2-6H2,1H3. The molecule has 0 amide bonds. The predicted octanol–water partition coefficient (Wildman–Crippen LogP) is 0.692. The van der Waals surface area contributed by atoms with E-state index in [1.165, 1.54) is 26.4 Å². The van der Waals surface area contributed by atoms with Crippen LogP contribution < -0.4 is 5.32 Å². The minimum Gasteiger partial charge on any atom is -0.468 e. The van der Waals surface area contributed by atoms with Crippen molar-refractivity contribution in [2.24, 2.45) is 5.41 Å². The van der Waals surface area contributed by atoms with Crippen molar-refractivity contribution in [2.75, 3.05) is 13.7 Å². The van der Waals surface area contributed by atoms with Crippen LogP contribution in [0.25, 0.3) is 0 Å². The third kappa shape index (κ3) is 1.33. The predicted molar refractivity (Wildman–Crippen MR) is 44.7 cm³/mol. The zero-order valence-corrected chi connectivity index (χ0v) is 7.43. The summed E-state index contributed by atoms with van der Waals surface area (Å²) in [6, 6.07) is -0.0359. The van der Waals surface area contributed by atoms with Gasteiger partial charge in [0.1, 0.15) is 6.04 Å². The van der Waals surface area contributed by atoms with Crippen LogP contribution in [-0.4, -0.2) is 25.7 Å². The topological polar surface area (TPSA) is 38.3 Å². The van der Waals surface area contributed by atoms with Gasteiger partial charge in [-0.15, -0.1) is 0 Å². The lowest BCUT2D eigenvalue weighted by atomic mass is 9.89. The highest BCUT2D eigenvalue weighted by molar-refractivity contribution is 5.75. The van der Waals surface area contributed by atoms with E-state index < -0.39 is 0 Å². The Morgan fingerprint density at radius 2 is 2.25 bits per heavy atom. The molecule has 1 aliphatic heterocycles. The maximum absolute atomic E-state index is 11.2. The average Bonchev–Trinajstić information content (AvgIpc) is 2.84. The molecule has 1 atom stereocenters. The van der Waals surface area contributed by atoms with E-state index in [0.717, 1.165) is 13.0 Å². The number of rotatable bonds is 1. The van der Waals surface area contributed by atoms with Gasteiger partial charge in [0.05, 0.1) is 7.11 Å². The van der Waals surface area contributed by atoms with Crippen molar-refractivity contribution in [1.82, 2.24) is 5.32 Å². The molecule has 0 aromatic rings. The molecule has 3 heteroatoms. The smallest absolute Gasteiger partial charge is 0.322 e. The van der Waals surface area contributed by atoms with Crippen LogP contribution >= 0.6 is 0 Å². The number of hydrogen-bond donors (Lipinski definition) is 1. The molecule has 2 rings (SSSR count). The van der Waals surface area contributed by atoms with E-state index >= 15 is 0 Å². The van der Waals surface area contributed by atoms with Crippen LogP contribution in [0.3, 0.4) is 0 Å². The van der Waals surface area contributed by atoms with Crippen LogP contribution in [0.2, 0.25) is 0 Å². The third-order valence-corrected chi connectivity index (χ3v) is 3.13. The minimum atomic E-state index is -0.0963. The van der Waals surface area contributed by atoms with Gasteiger partial charge in [0.25, 0.3) is 0 Å². The Hall–Kier alpha value is -0.570. The molecule has 1 saturated heterocycles. The van der Waals surface area contributed by atoms with Crippen LogP contribution in [0.15, 0.2) is 0 Å². The van der Waals surface area contributed by atoms with E-state index in [2.05, 4.69) is 5.32 Å². The molecule has 68 valence electrons. The minimum absolute atomic E-state index is 0.0359. The molecule has 12 heavy (non-hydrogen) atoms. The van der Waals surface area contributed by atoms with Gasteiger partial charge in [0, 0.05) is 0 Å². The second kappa shape index (κ2) is 2.73. The summed E-state index contributed by atoms with van der Waals surface area (Å²) in [4.78, 5) is 11.2. The average molecular weight is 169 g/mol. The second-order valence-corrected chi connectivity index (χ2v) is 3.98. The molecule has 0 radical (unpaired) electrons. The molecular weight excluding hydrogens is 154 g/mol. The first kappa shape index (κ1) is 8.05. The normalized spacial score (nSPS) is 31.6. The number of hydrogen-bond acceptors (Lipinski definition) is 3. The van der Waals surface area contributed by atoms with Crippen molar-refractivity contribution in [2.45, 2.75) is 31.7 Å². The van der Waals surface area contributed by atoms with Crippen LogP contribution in [0, 0.1) is 5.41 Å². The lowest BCUT2D eigenvalue weighted by molar-refractivity contribution is -0.144. The zero-order chi connectivity index (χ0) is 8.60. The fourth-order valence-electron chi connectivity index (χ4n) is 2.06. The quantitative estimate of drug-likeness (QED) is 0.587. The Morgan fingerprint density at radius 3 is 2.83 bits per heavy atom. The van der Waals surface area contributed by atoms with Crippen LogP contribution in [0.1, 0.15) is 25.7 Å². The molecule has 1 aliphatic carbocycles. The van der Waals surface area contributed by atoms with E-state index in [0.29, 0.717) is 5.41 Å². The number of methoxy groups -OCH3 is 1. The van der Waals surface area contributed by atoms with E-state index in [9.17, 15) is 4.79 Å². The Labute approximate surface area is 72.5 Å². The van der Waals surface area contributed by atoms with Gasteiger partial charge in [-0.05, 0) is 37.6 Å². The molecule has 3 nitrogen and oxygen atoms in total. The van der Waals surface area contributed by atoms with Crippen LogP contribution in [-0.2, 0) is 9.53 Å². The van der Waals surface area contributed by atoms with Gasteiger partial charge in [-0.3, -0.25) is 4.79 Å². The van der Waals surface area contributed by atoms with Crippen LogP contribution in [0.5, 0.6) is 0 Å². The van der Waals surface area contributed by atoms with Crippen molar-refractivity contribution >= 4 is 5.97 Å². The molecule has 1 N–H and O–H groups in total. The van der Waals surface area contributed by atoms with E-state index in [4.69, 9.17) is 4.74 Å². The molecule has 1 heterocycles. The number of esters is 1. The maximum Gasteiger partial charge on any atom is 0.322 e. The van der Waals surface area contributed by atoms with Crippen molar-refractivity contribution < 1.29 is 9.53 Å². The molecule has 1 unspecified atom stereocenters. The van der Waals surface area contributed by atoms with E-state index in [1.807, 2.05) is 0 Å². The highest BCUT2D eigenvalue weighted by atomic mass is 16.5. The summed E-state index contributed by atoms with van der Waals surface area (Å²) in [6.07, 6.45) is 4.84. The summed E-state index contributed by atoms with van der Waals surface area (Å²) >= 11 is 0. The van der Waals surface area contributed by atoms with Gasteiger partial charge in [0.2, 0.25) is 0 Å². The number of nitrogens with one attached hydrogen (secondary N) is 1. The second-order valence-electron chi connectivity index (χ2n) is 3.98. The van der Waals surface area contributed by atoms with Gasteiger partial charge >= 0.3 is 5.97 Å². The first-order valence-corrected chi connectivity index (χ1v) is 4.57. The fourth-order valence-corrected chi connectivity index (χ4v) is 2.06. The summed E-state index contributed by atoms with van der Waals surface area (Å²) < 4.78 is 4.71. The molecule has 1 spiro atoms. The Kier molecular flexibility index (Phi) is 1.83. The molecule has 0 aromatic carbocycles. The van der Waals surface area contributed by atoms with Gasteiger partial charge in [0.15, 0.2) is 0 Å². The third-order valence-electron chi connectivity index (χ3n) is 3.13. The molecule has 0 bridgehead atoms. The SMILES string of the molecule is COC(=O)C1CC2(CCN1)CC2. The molecule has 1 saturated carbocycles. The monoisotopic (exact) mass is 169 g/mol. The molecule has 2 aliphatic rings. The highest BCUT2D eigenvalue weighted by Gasteiger charge is 2.47. The van der Waals surface area contributed by atoms with Crippen molar-refractivity contribution in [3.05, 3.63) is 0 Å². The fraction of sp³-hybridized carbons (Fsp3) is 0.889. The molecule has 0 aromatic heterocycles. The number of ether oxygens (including phenoxy) is 1. The van der Waals surface area contributed by atoms with E-state index in [-0.39, 0.29) is 12.0 Å². The molecular formula is C9H15NO2. The zero-order valence-electron chi connectivity index (χ0n) is 7.43. The Balaban J connectivity index is 1.94. The van der Waals surface area contributed by atoms with Crippen molar-refractivity contribution in [1.29, 1.82) is 0 Å². The van der Waals surface area contributed by atoms with Gasteiger partial charge in [-0.25, -0.2) is 0 Å². The summed E-state index contributed by atoms with van der Waals surface area (Å²) in [7, 11) is 1.46. The Bertz CT molecular complexity index is 199. The summed E-state index contributed by atoms with van der Waals surface area (Å²) in [5.74, 6) is -0.0963. The lowest BCUT2D eigenvalue weighted by Crippen LogP contribution is -2.44. The number of piperidine rings is 1. The summed E-state index contributed by atoms with van der Waals surface area (Å²) in [6.45, 7) is 0.972. The maximum atomic E-state index is 11.2. The number of carbonyl (C=O) groups excluding carboxylic acids is 1. The van der Waals surface area contributed by atoms with Gasteiger partial charge in [-0.2, -0.15) is 0 Å². The summed E-state index contributed by atoms with van der Waals surface area (Å²) in [5.41, 5.74) is 0.518. The highest BCUT2D eigenvalue weighted by Crippen LogP contribution is 2.53. The lowest BCUT2D eigenvalue weighted by Gasteiger charge is -2.28. The van der Waals surface area contributed by atoms with Gasteiger partial charge < -0.3 is 10.1 Å². The van der Waals surface area contributed by atoms with Crippen LogP contribution in [0.4, 0.5) is 0 Å². The van der Waals surface area contributed by atoms with Crippen molar-refractivity contribution in [3.63, 3.8) is 0 Å². The first-order chi connectivity index (χ1) is 5.76.